The maximum Gasteiger partial charge on any atom is 0.206 e. The van der Waals surface area contributed by atoms with Gasteiger partial charge in [-0.3, -0.25) is 4.99 Å². The third-order valence-electron chi connectivity index (χ3n) is 4.05. The largest absolute Gasteiger partial charge is 0.255 e. The fourth-order valence-corrected chi connectivity index (χ4v) is 3.59. The van der Waals surface area contributed by atoms with Gasteiger partial charge in [-0.2, -0.15) is 5.10 Å². The molecule has 134 valence electrons. The fourth-order valence-electron chi connectivity index (χ4n) is 2.49. The number of nitrogens with zero attached hydrogens (tertiary/aromatic N) is 3. The van der Waals surface area contributed by atoms with Crippen molar-refractivity contribution in [3.63, 3.8) is 0 Å². The topological polar surface area (TPSA) is 29.6 Å². The van der Waals surface area contributed by atoms with Crippen molar-refractivity contribution in [2.45, 2.75) is 33.7 Å². The smallest absolute Gasteiger partial charge is 0.206 e. The summed E-state index contributed by atoms with van der Waals surface area (Å²) in [7, 11) is 0. The zero-order valence-electron chi connectivity index (χ0n) is 15.4. The molecule has 0 unspecified atom stereocenters. The average molecular weight is 384 g/mol. The lowest BCUT2D eigenvalue weighted by Crippen LogP contribution is -2.14. The Kier molecular flexibility index (Phi) is 5.74. The molecule has 0 saturated heterocycles. The van der Waals surface area contributed by atoms with Crippen molar-refractivity contribution in [1.82, 2.24) is 4.68 Å². The molecule has 3 nitrogen and oxygen atoms in total. The van der Waals surface area contributed by atoms with E-state index in [2.05, 4.69) is 51.3 Å². The molecular formula is C21H22ClN3S. The van der Waals surface area contributed by atoms with E-state index >= 15 is 0 Å². The summed E-state index contributed by atoms with van der Waals surface area (Å²) >= 11 is 7.57. The minimum Gasteiger partial charge on any atom is -0.255 e. The van der Waals surface area contributed by atoms with Crippen molar-refractivity contribution in [3.05, 3.63) is 74.4 Å². The van der Waals surface area contributed by atoms with Crippen molar-refractivity contribution in [3.8, 4) is 11.3 Å². The van der Waals surface area contributed by atoms with Crippen molar-refractivity contribution < 1.29 is 0 Å². The number of thiazole rings is 1. The molecule has 26 heavy (non-hydrogen) atoms. The van der Waals surface area contributed by atoms with Crippen LogP contribution in [0.2, 0.25) is 5.02 Å². The number of aromatic nitrogens is 1. The van der Waals surface area contributed by atoms with E-state index in [9.17, 15) is 0 Å². The number of benzene rings is 2. The SMILES string of the molecule is Cc1ccc(-c2csc(=NC(C)C)n2N=Cc2ccc(Cl)cc2)cc1C. The van der Waals surface area contributed by atoms with E-state index in [4.69, 9.17) is 21.7 Å². The zero-order valence-corrected chi connectivity index (χ0v) is 17.0. The van der Waals surface area contributed by atoms with E-state index in [0.29, 0.717) is 0 Å². The Morgan fingerprint density at radius 2 is 1.77 bits per heavy atom. The van der Waals surface area contributed by atoms with Crippen LogP contribution in [0, 0.1) is 13.8 Å². The van der Waals surface area contributed by atoms with Crippen LogP contribution in [-0.4, -0.2) is 16.9 Å². The van der Waals surface area contributed by atoms with E-state index in [1.807, 2.05) is 35.2 Å². The maximum atomic E-state index is 5.96. The number of halogens is 1. The van der Waals surface area contributed by atoms with Crippen LogP contribution in [0.1, 0.15) is 30.5 Å². The normalized spacial score (nSPS) is 12.5. The maximum absolute atomic E-state index is 5.96. The highest BCUT2D eigenvalue weighted by molar-refractivity contribution is 7.07. The van der Waals surface area contributed by atoms with Crippen LogP contribution >= 0.6 is 22.9 Å². The molecule has 0 aliphatic heterocycles. The Bertz CT molecular complexity index is 995. The number of aryl methyl sites for hydroxylation is 2. The monoisotopic (exact) mass is 383 g/mol. The van der Waals surface area contributed by atoms with Crippen LogP contribution in [0.15, 0.2) is 57.9 Å². The summed E-state index contributed by atoms with van der Waals surface area (Å²) in [5.74, 6) is 0. The predicted molar refractivity (Wildman–Crippen MR) is 112 cm³/mol. The van der Waals surface area contributed by atoms with Gasteiger partial charge < -0.3 is 0 Å². The number of hydrogen-bond donors (Lipinski definition) is 0. The van der Waals surface area contributed by atoms with Gasteiger partial charge in [0.05, 0.1) is 11.9 Å². The van der Waals surface area contributed by atoms with E-state index in [-0.39, 0.29) is 6.04 Å². The van der Waals surface area contributed by atoms with Gasteiger partial charge in [-0.1, -0.05) is 35.9 Å². The summed E-state index contributed by atoms with van der Waals surface area (Å²) in [5.41, 5.74) is 5.73. The molecule has 0 atom stereocenters. The first-order valence-electron chi connectivity index (χ1n) is 8.56. The lowest BCUT2D eigenvalue weighted by Gasteiger charge is -2.07. The summed E-state index contributed by atoms with van der Waals surface area (Å²) in [4.78, 5) is 5.61. The molecule has 2 aromatic carbocycles. The second-order valence-corrected chi connectivity index (χ2v) is 7.81. The van der Waals surface area contributed by atoms with Crippen LogP contribution in [0.3, 0.4) is 0 Å². The predicted octanol–water partition coefficient (Wildman–Crippen LogP) is 5.68. The Balaban J connectivity index is 2.09. The molecule has 1 heterocycles. The van der Waals surface area contributed by atoms with E-state index < -0.39 is 0 Å². The van der Waals surface area contributed by atoms with Crippen molar-refractivity contribution in [2.75, 3.05) is 0 Å². The van der Waals surface area contributed by atoms with Gasteiger partial charge in [-0.05, 0) is 62.6 Å². The van der Waals surface area contributed by atoms with Gasteiger partial charge in [0.15, 0.2) is 0 Å². The Hall–Kier alpha value is -2.17. The van der Waals surface area contributed by atoms with E-state index in [0.717, 1.165) is 26.6 Å². The third kappa shape index (κ3) is 4.32. The summed E-state index contributed by atoms with van der Waals surface area (Å²) in [5, 5.41) is 7.55. The summed E-state index contributed by atoms with van der Waals surface area (Å²) in [6, 6.07) is 14.3. The Labute approximate surface area is 163 Å². The quantitative estimate of drug-likeness (QED) is 0.519. The first-order chi connectivity index (χ1) is 12.4. The second kappa shape index (κ2) is 8.02. The molecule has 1 aromatic heterocycles. The molecule has 0 N–H and O–H groups in total. The molecule has 0 aliphatic rings. The molecular weight excluding hydrogens is 362 g/mol. The third-order valence-corrected chi connectivity index (χ3v) is 5.13. The van der Waals surface area contributed by atoms with Crippen molar-refractivity contribution in [2.24, 2.45) is 10.1 Å². The highest BCUT2D eigenvalue weighted by atomic mass is 35.5. The molecule has 0 saturated carbocycles. The molecule has 3 rings (SSSR count). The lowest BCUT2D eigenvalue weighted by molar-refractivity contribution is 0.754. The minimum atomic E-state index is 0.207. The minimum absolute atomic E-state index is 0.207. The standard InChI is InChI=1S/C21H22ClN3S/c1-14(2)24-21-25(23-12-17-6-9-19(22)10-7-17)20(13-26-21)18-8-5-15(3)16(4)11-18/h5-14H,1-4H3. The van der Waals surface area contributed by atoms with Crippen LogP contribution < -0.4 is 4.80 Å². The average Bonchev–Trinajstić information content (AvgIpc) is 2.99. The molecule has 0 radical (unpaired) electrons. The van der Waals surface area contributed by atoms with E-state index in [1.165, 1.54) is 11.1 Å². The van der Waals surface area contributed by atoms with Crippen molar-refractivity contribution >= 4 is 29.2 Å². The molecule has 0 amide bonds. The van der Waals surface area contributed by atoms with Crippen LogP contribution in [0.5, 0.6) is 0 Å². The van der Waals surface area contributed by atoms with Gasteiger partial charge in [0.2, 0.25) is 4.80 Å². The lowest BCUT2D eigenvalue weighted by atomic mass is 10.1. The highest BCUT2D eigenvalue weighted by Gasteiger charge is 2.09. The molecule has 0 aliphatic carbocycles. The van der Waals surface area contributed by atoms with Gasteiger partial charge in [0.1, 0.15) is 0 Å². The van der Waals surface area contributed by atoms with E-state index in [1.54, 1.807) is 11.3 Å². The summed E-state index contributed by atoms with van der Waals surface area (Å²) in [6.07, 6.45) is 1.84. The first-order valence-corrected chi connectivity index (χ1v) is 9.82. The fraction of sp³-hybridized carbons (Fsp3) is 0.238. The molecule has 0 spiro atoms. The summed E-state index contributed by atoms with van der Waals surface area (Å²) in [6.45, 7) is 8.40. The van der Waals surface area contributed by atoms with Gasteiger partial charge >= 0.3 is 0 Å². The highest BCUT2D eigenvalue weighted by Crippen LogP contribution is 2.23. The van der Waals surface area contributed by atoms with Crippen LogP contribution in [0.4, 0.5) is 0 Å². The van der Waals surface area contributed by atoms with Gasteiger partial charge in [0.25, 0.3) is 0 Å². The first kappa shape index (κ1) is 18.6. The van der Waals surface area contributed by atoms with Crippen LogP contribution in [-0.2, 0) is 0 Å². The Morgan fingerprint density at radius 3 is 2.42 bits per heavy atom. The second-order valence-electron chi connectivity index (χ2n) is 6.53. The Morgan fingerprint density at radius 1 is 1.04 bits per heavy atom. The van der Waals surface area contributed by atoms with Crippen LogP contribution in [0.25, 0.3) is 11.3 Å². The number of hydrogen-bond acceptors (Lipinski definition) is 3. The van der Waals surface area contributed by atoms with Crippen molar-refractivity contribution in [1.29, 1.82) is 0 Å². The molecule has 3 aromatic rings. The molecule has 0 fully saturated rings. The van der Waals surface area contributed by atoms with Gasteiger partial charge in [0, 0.05) is 22.0 Å². The molecule has 5 heteroatoms. The number of rotatable bonds is 4. The zero-order chi connectivity index (χ0) is 18.7. The molecule has 0 bridgehead atoms. The van der Waals surface area contributed by atoms with Gasteiger partial charge in [-0.15, -0.1) is 11.3 Å². The summed E-state index contributed by atoms with van der Waals surface area (Å²) < 4.78 is 1.92. The van der Waals surface area contributed by atoms with Gasteiger partial charge in [-0.25, -0.2) is 4.68 Å².